The van der Waals surface area contributed by atoms with Gasteiger partial charge in [0.1, 0.15) is 23.9 Å². The van der Waals surface area contributed by atoms with Gasteiger partial charge in [-0.3, -0.25) is 14.5 Å². The van der Waals surface area contributed by atoms with Crippen molar-refractivity contribution in [3.05, 3.63) is 60.1 Å². The molecule has 1 unspecified atom stereocenters. The molecule has 2 aromatic rings. The fraction of sp³-hybridized carbons (Fsp3) is 0.409. The van der Waals surface area contributed by atoms with Gasteiger partial charge in [0.2, 0.25) is 5.91 Å². The first-order valence-corrected chi connectivity index (χ1v) is 10.0. The summed E-state index contributed by atoms with van der Waals surface area (Å²) in [5.41, 5.74) is 0.0749. The molecular formula is C22H25N3O4. The zero-order chi connectivity index (χ0) is 20.4. The predicted octanol–water partition coefficient (Wildman–Crippen LogP) is 3.08. The van der Waals surface area contributed by atoms with E-state index in [1.54, 1.807) is 25.4 Å². The largest absolute Gasteiger partial charge is 0.467 e. The molecule has 1 atom stereocenters. The highest BCUT2D eigenvalue weighted by Gasteiger charge is 2.55. The summed E-state index contributed by atoms with van der Waals surface area (Å²) in [4.78, 5) is 41.3. The van der Waals surface area contributed by atoms with Crippen molar-refractivity contribution in [2.24, 2.45) is 0 Å². The second-order valence-electron chi connectivity index (χ2n) is 7.75. The quantitative estimate of drug-likeness (QED) is 0.789. The number of carbonyl (C=O) groups excluding carboxylic acids is 3. The summed E-state index contributed by atoms with van der Waals surface area (Å²) in [7, 11) is 1.67. The number of amides is 4. The Kier molecular flexibility index (Phi) is 5.13. The lowest BCUT2D eigenvalue weighted by Crippen LogP contribution is -2.49. The van der Waals surface area contributed by atoms with Crippen molar-refractivity contribution in [2.45, 2.75) is 43.7 Å². The van der Waals surface area contributed by atoms with E-state index < -0.39 is 23.5 Å². The molecule has 4 rings (SSSR count). The summed E-state index contributed by atoms with van der Waals surface area (Å²) in [5, 5.41) is 2.91. The standard InChI is InChI=1S/C22H25N3O4/c1-24-21(28)25(20(27)22(24)12-6-3-7-13-22)15-18(26)23-19(17-11-8-14-29-17)16-9-4-2-5-10-16/h2,4-5,8-11,14,19H,3,6-7,12-13,15H2,1H3,(H,23,26). The lowest BCUT2D eigenvalue weighted by atomic mass is 9.81. The number of urea groups is 1. The smallest absolute Gasteiger partial charge is 0.327 e. The Bertz CT molecular complexity index is 888. The number of hydrogen-bond acceptors (Lipinski definition) is 4. The molecule has 0 bridgehead atoms. The molecule has 1 aliphatic carbocycles. The third-order valence-corrected chi connectivity index (χ3v) is 6.05. The fourth-order valence-electron chi connectivity index (χ4n) is 4.44. The van der Waals surface area contributed by atoms with Crippen LogP contribution in [0.25, 0.3) is 0 Å². The van der Waals surface area contributed by atoms with E-state index in [1.165, 1.54) is 4.90 Å². The monoisotopic (exact) mass is 395 g/mol. The molecule has 1 spiro atoms. The average Bonchev–Trinajstić information content (AvgIpc) is 3.34. The normalized spacial score (nSPS) is 19.6. The molecule has 2 aliphatic rings. The van der Waals surface area contributed by atoms with Gasteiger partial charge < -0.3 is 14.6 Å². The van der Waals surface area contributed by atoms with Gasteiger partial charge in [-0.25, -0.2) is 4.79 Å². The average molecular weight is 395 g/mol. The zero-order valence-electron chi connectivity index (χ0n) is 16.5. The topological polar surface area (TPSA) is 82.9 Å². The van der Waals surface area contributed by atoms with Crippen molar-refractivity contribution in [1.29, 1.82) is 0 Å². The first-order chi connectivity index (χ1) is 14.0. The number of likely N-dealkylation sites (N-methyl/N-ethyl adjacent to an activating group) is 1. The van der Waals surface area contributed by atoms with E-state index in [2.05, 4.69) is 5.32 Å². The van der Waals surface area contributed by atoms with Crippen LogP contribution in [0.5, 0.6) is 0 Å². The van der Waals surface area contributed by atoms with Gasteiger partial charge in [0.05, 0.1) is 6.26 Å². The van der Waals surface area contributed by atoms with Crippen molar-refractivity contribution < 1.29 is 18.8 Å². The zero-order valence-corrected chi connectivity index (χ0v) is 16.5. The number of furan rings is 1. The highest BCUT2D eigenvalue weighted by atomic mass is 16.3. The summed E-state index contributed by atoms with van der Waals surface area (Å²) in [6.07, 6.45) is 5.76. The Morgan fingerprint density at radius 1 is 1.10 bits per heavy atom. The van der Waals surface area contributed by atoms with Gasteiger partial charge in [-0.15, -0.1) is 0 Å². The number of hydrogen-bond donors (Lipinski definition) is 1. The van der Waals surface area contributed by atoms with E-state index in [1.807, 2.05) is 30.3 Å². The minimum atomic E-state index is -0.782. The molecule has 0 radical (unpaired) electrons. The van der Waals surface area contributed by atoms with Gasteiger partial charge in [-0.1, -0.05) is 49.6 Å². The lowest BCUT2D eigenvalue weighted by Gasteiger charge is -2.35. The number of carbonyl (C=O) groups is 3. The van der Waals surface area contributed by atoms with Gasteiger partial charge in [0.15, 0.2) is 0 Å². The summed E-state index contributed by atoms with van der Waals surface area (Å²) in [6, 6.07) is 12.1. The number of nitrogens with one attached hydrogen (secondary N) is 1. The summed E-state index contributed by atoms with van der Waals surface area (Å²) in [6.45, 7) is -0.298. The van der Waals surface area contributed by atoms with Crippen molar-refractivity contribution in [3.63, 3.8) is 0 Å². The Morgan fingerprint density at radius 2 is 1.83 bits per heavy atom. The molecule has 2 heterocycles. The van der Waals surface area contributed by atoms with Crippen LogP contribution in [0.15, 0.2) is 53.1 Å². The minimum absolute atomic E-state index is 0.255. The second-order valence-corrected chi connectivity index (χ2v) is 7.75. The number of imide groups is 1. The van der Waals surface area contributed by atoms with Crippen LogP contribution in [0.3, 0.4) is 0 Å². The maximum atomic E-state index is 13.1. The third kappa shape index (κ3) is 3.41. The SMILES string of the molecule is CN1C(=O)N(CC(=O)NC(c2ccccc2)c2ccco2)C(=O)C12CCCCC2. The van der Waals surface area contributed by atoms with Gasteiger partial charge in [0, 0.05) is 7.05 Å². The Labute approximate surface area is 169 Å². The number of rotatable bonds is 5. The highest BCUT2D eigenvalue weighted by Crippen LogP contribution is 2.39. The molecule has 1 aliphatic heterocycles. The Hall–Kier alpha value is -3.09. The van der Waals surface area contributed by atoms with Crippen LogP contribution in [-0.4, -0.2) is 46.8 Å². The van der Waals surface area contributed by atoms with E-state index in [0.717, 1.165) is 29.7 Å². The molecule has 1 N–H and O–H groups in total. The number of nitrogens with zero attached hydrogens (tertiary/aromatic N) is 2. The van der Waals surface area contributed by atoms with Gasteiger partial charge in [0.25, 0.3) is 5.91 Å². The maximum absolute atomic E-state index is 13.1. The molecule has 7 heteroatoms. The van der Waals surface area contributed by atoms with E-state index in [0.29, 0.717) is 18.6 Å². The molecule has 29 heavy (non-hydrogen) atoms. The van der Waals surface area contributed by atoms with Crippen LogP contribution in [0.1, 0.15) is 49.5 Å². The van der Waals surface area contributed by atoms with Crippen LogP contribution < -0.4 is 5.32 Å². The molecule has 1 aromatic heterocycles. The van der Waals surface area contributed by atoms with Crippen LogP contribution in [-0.2, 0) is 9.59 Å². The van der Waals surface area contributed by atoms with Crippen LogP contribution in [0.2, 0.25) is 0 Å². The van der Waals surface area contributed by atoms with E-state index in [9.17, 15) is 14.4 Å². The van der Waals surface area contributed by atoms with Crippen molar-refractivity contribution in [2.75, 3.05) is 13.6 Å². The first kappa shape index (κ1) is 19.2. The summed E-state index contributed by atoms with van der Waals surface area (Å²) in [5.74, 6) is -0.0724. The fourth-order valence-corrected chi connectivity index (χ4v) is 4.44. The minimum Gasteiger partial charge on any atom is -0.467 e. The summed E-state index contributed by atoms with van der Waals surface area (Å²) < 4.78 is 5.50. The first-order valence-electron chi connectivity index (χ1n) is 10.0. The molecule has 4 amide bonds. The van der Waals surface area contributed by atoms with Crippen molar-refractivity contribution in [1.82, 2.24) is 15.1 Å². The molecule has 1 saturated carbocycles. The maximum Gasteiger partial charge on any atom is 0.327 e. The molecule has 1 aromatic carbocycles. The van der Waals surface area contributed by atoms with Crippen LogP contribution in [0, 0.1) is 0 Å². The molecule has 2 fully saturated rings. The molecule has 7 nitrogen and oxygen atoms in total. The van der Waals surface area contributed by atoms with E-state index in [4.69, 9.17) is 4.42 Å². The Morgan fingerprint density at radius 3 is 2.48 bits per heavy atom. The predicted molar refractivity (Wildman–Crippen MR) is 106 cm³/mol. The summed E-state index contributed by atoms with van der Waals surface area (Å²) >= 11 is 0. The van der Waals surface area contributed by atoms with Gasteiger partial charge >= 0.3 is 6.03 Å². The second kappa shape index (κ2) is 7.73. The van der Waals surface area contributed by atoms with Gasteiger partial charge in [-0.05, 0) is 30.5 Å². The van der Waals surface area contributed by atoms with E-state index >= 15 is 0 Å². The highest BCUT2D eigenvalue weighted by molar-refractivity contribution is 6.09. The molecule has 152 valence electrons. The molecule has 1 saturated heterocycles. The third-order valence-electron chi connectivity index (χ3n) is 6.05. The van der Waals surface area contributed by atoms with Crippen LogP contribution in [0.4, 0.5) is 4.79 Å². The van der Waals surface area contributed by atoms with Gasteiger partial charge in [-0.2, -0.15) is 0 Å². The Balaban J connectivity index is 1.51. The van der Waals surface area contributed by atoms with E-state index in [-0.39, 0.29) is 12.5 Å². The number of benzene rings is 1. The van der Waals surface area contributed by atoms with Crippen molar-refractivity contribution >= 4 is 17.8 Å². The van der Waals surface area contributed by atoms with Crippen molar-refractivity contribution in [3.8, 4) is 0 Å². The molecular weight excluding hydrogens is 370 g/mol. The lowest BCUT2D eigenvalue weighted by molar-refractivity contribution is -0.137. The van der Waals surface area contributed by atoms with Crippen LogP contribution >= 0.6 is 0 Å².